The molecule has 0 aliphatic heterocycles. The molecule has 0 amide bonds. The van der Waals surface area contributed by atoms with E-state index in [-0.39, 0.29) is 0 Å². The van der Waals surface area contributed by atoms with Gasteiger partial charge in [0.25, 0.3) is 0 Å². The Hall–Kier alpha value is -1.42. The SMILES string of the molecule is CCCCC(CC)COc1c(OC)cc(OCCCCCCCCBr)c2ccccc12. The highest BCUT2D eigenvalue weighted by atomic mass is 79.9. The van der Waals surface area contributed by atoms with Crippen molar-refractivity contribution >= 4 is 26.7 Å². The van der Waals surface area contributed by atoms with Gasteiger partial charge in [-0.2, -0.15) is 0 Å². The zero-order valence-corrected chi connectivity index (χ0v) is 21.3. The molecule has 2 aromatic rings. The van der Waals surface area contributed by atoms with Crippen LogP contribution in [0.2, 0.25) is 0 Å². The molecule has 0 radical (unpaired) electrons. The molecule has 0 N–H and O–H groups in total. The third kappa shape index (κ3) is 8.56. The Morgan fingerprint density at radius 3 is 2.23 bits per heavy atom. The van der Waals surface area contributed by atoms with E-state index in [1.54, 1.807) is 7.11 Å². The molecule has 0 aliphatic rings. The monoisotopic (exact) mass is 492 g/mol. The van der Waals surface area contributed by atoms with Crippen LogP contribution in [0.15, 0.2) is 30.3 Å². The lowest BCUT2D eigenvalue weighted by Crippen LogP contribution is -2.12. The van der Waals surface area contributed by atoms with Crippen LogP contribution < -0.4 is 14.2 Å². The second-order valence-electron chi connectivity index (χ2n) is 8.34. The second-order valence-corrected chi connectivity index (χ2v) is 9.13. The Bertz CT molecular complexity index is 747. The zero-order chi connectivity index (χ0) is 22.3. The lowest BCUT2D eigenvalue weighted by Gasteiger charge is -2.20. The maximum Gasteiger partial charge on any atom is 0.169 e. The quantitative estimate of drug-likeness (QED) is 0.163. The first kappa shape index (κ1) is 25.8. The fourth-order valence-corrected chi connectivity index (χ4v) is 4.29. The summed E-state index contributed by atoms with van der Waals surface area (Å²) < 4.78 is 18.3. The molecule has 0 aromatic heterocycles. The summed E-state index contributed by atoms with van der Waals surface area (Å²) in [5.74, 6) is 3.06. The summed E-state index contributed by atoms with van der Waals surface area (Å²) in [7, 11) is 1.71. The van der Waals surface area contributed by atoms with Gasteiger partial charge in [0.1, 0.15) is 5.75 Å². The predicted molar refractivity (Wildman–Crippen MR) is 136 cm³/mol. The summed E-state index contributed by atoms with van der Waals surface area (Å²) in [6.07, 6.45) is 12.3. The lowest BCUT2D eigenvalue weighted by molar-refractivity contribution is 0.226. The van der Waals surface area contributed by atoms with Crippen LogP contribution in [-0.2, 0) is 0 Å². The number of hydrogen-bond acceptors (Lipinski definition) is 3. The molecule has 0 saturated carbocycles. The van der Waals surface area contributed by atoms with Crippen LogP contribution in [0.3, 0.4) is 0 Å². The lowest BCUT2D eigenvalue weighted by atomic mass is 10.0. The first-order valence-electron chi connectivity index (χ1n) is 12.2. The Morgan fingerprint density at radius 1 is 0.839 bits per heavy atom. The van der Waals surface area contributed by atoms with Gasteiger partial charge in [-0.1, -0.05) is 99.0 Å². The molecule has 0 spiro atoms. The molecule has 31 heavy (non-hydrogen) atoms. The molecule has 1 unspecified atom stereocenters. The third-order valence-corrected chi connectivity index (χ3v) is 6.50. The molecule has 0 bridgehead atoms. The highest BCUT2D eigenvalue weighted by Crippen LogP contribution is 2.42. The van der Waals surface area contributed by atoms with Gasteiger partial charge in [0.15, 0.2) is 11.5 Å². The Labute approximate surface area is 198 Å². The Morgan fingerprint density at radius 2 is 1.55 bits per heavy atom. The van der Waals surface area contributed by atoms with E-state index in [4.69, 9.17) is 14.2 Å². The average molecular weight is 494 g/mol. The van der Waals surface area contributed by atoms with E-state index in [1.165, 1.54) is 51.4 Å². The number of benzene rings is 2. The molecule has 1 atom stereocenters. The Kier molecular flexibility index (Phi) is 12.8. The normalized spacial score (nSPS) is 12.1. The van der Waals surface area contributed by atoms with Gasteiger partial charge in [-0.05, 0) is 25.2 Å². The molecule has 4 heteroatoms. The number of methoxy groups -OCH3 is 1. The van der Waals surface area contributed by atoms with E-state index in [0.717, 1.165) is 59.4 Å². The minimum Gasteiger partial charge on any atom is -0.493 e. The van der Waals surface area contributed by atoms with Crippen molar-refractivity contribution in [3.63, 3.8) is 0 Å². The first-order valence-corrected chi connectivity index (χ1v) is 13.3. The summed E-state index contributed by atoms with van der Waals surface area (Å²) >= 11 is 3.50. The van der Waals surface area contributed by atoms with Gasteiger partial charge >= 0.3 is 0 Å². The summed E-state index contributed by atoms with van der Waals surface area (Å²) in [6, 6.07) is 10.3. The fourth-order valence-electron chi connectivity index (χ4n) is 3.90. The van der Waals surface area contributed by atoms with Crippen molar-refractivity contribution in [3.05, 3.63) is 30.3 Å². The largest absolute Gasteiger partial charge is 0.493 e. The van der Waals surface area contributed by atoms with Crippen molar-refractivity contribution in [2.75, 3.05) is 25.7 Å². The van der Waals surface area contributed by atoms with Gasteiger partial charge in [0, 0.05) is 22.2 Å². The molecule has 174 valence electrons. The van der Waals surface area contributed by atoms with E-state index in [0.29, 0.717) is 5.92 Å². The van der Waals surface area contributed by atoms with Crippen LogP contribution in [0, 0.1) is 5.92 Å². The molecule has 0 heterocycles. The van der Waals surface area contributed by atoms with Crippen LogP contribution >= 0.6 is 15.9 Å². The van der Waals surface area contributed by atoms with E-state index in [1.807, 2.05) is 6.07 Å². The summed E-state index contributed by atoms with van der Waals surface area (Å²) in [5, 5.41) is 3.27. The number of fused-ring (bicyclic) bond motifs is 1. The predicted octanol–water partition coefficient (Wildman–Crippen LogP) is 8.56. The van der Waals surface area contributed by atoms with Gasteiger partial charge in [0.2, 0.25) is 0 Å². The number of halogens is 1. The minimum absolute atomic E-state index is 0.578. The topological polar surface area (TPSA) is 27.7 Å². The van der Waals surface area contributed by atoms with Crippen molar-refractivity contribution in [2.24, 2.45) is 5.92 Å². The highest BCUT2D eigenvalue weighted by molar-refractivity contribution is 9.09. The molecule has 2 rings (SSSR count). The van der Waals surface area contributed by atoms with E-state index in [9.17, 15) is 0 Å². The maximum atomic E-state index is 6.35. The Balaban J connectivity index is 2.04. The second kappa shape index (κ2) is 15.4. The third-order valence-electron chi connectivity index (χ3n) is 5.94. The van der Waals surface area contributed by atoms with E-state index < -0.39 is 0 Å². The summed E-state index contributed by atoms with van der Waals surface area (Å²) in [4.78, 5) is 0. The van der Waals surface area contributed by atoms with Crippen LogP contribution in [0.1, 0.15) is 78.1 Å². The van der Waals surface area contributed by atoms with Gasteiger partial charge in [-0.25, -0.2) is 0 Å². The van der Waals surface area contributed by atoms with Crippen molar-refractivity contribution in [3.8, 4) is 17.2 Å². The van der Waals surface area contributed by atoms with Crippen LogP contribution in [0.5, 0.6) is 17.2 Å². The van der Waals surface area contributed by atoms with Crippen molar-refractivity contribution in [2.45, 2.75) is 78.1 Å². The van der Waals surface area contributed by atoms with Crippen LogP contribution in [-0.4, -0.2) is 25.7 Å². The smallest absolute Gasteiger partial charge is 0.169 e. The van der Waals surface area contributed by atoms with Gasteiger partial charge in [-0.3, -0.25) is 0 Å². The molecule has 0 aliphatic carbocycles. The highest BCUT2D eigenvalue weighted by Gasteiger charge is 2.17. The van der Waals surface area contributed by atoms with Gasteiger partial charge in [-0.15, -0.1) is 0 Å². The van der Waals surface area contributed by atoms with Crippen molar-refractivity contribution < 1.29 is 14.2 Å². The average Bonchev–Trinajstić information content (AvgIpc) is 2.81. The van der Waals surface area contributed by atoms with Crippen molar-refractivity contribution in [1.82, 2.24) is 0 Å². The first-order chi connectivity index (χ1) is 15.2. The number of hydrogen-bond donors (Lipinski definition) is 0. The molecule has 0 saturated heterocycles. The van der Waals surface area contributed by atoms with E-state index >= 15 is 0 Å². The number of unbranched alkanes of at least 4 members (excludes halogenated alkanes) is 6. The van der Waals surface area contributed by atoms with Crippen molar-refractivity contribution in [1.29, 1.82) is 0 Å². The minimum atomic E-state index is 0.578. The standard InChI is InChI=1S/C27H41BrO3/c1-4-6-15-22(5-2)21-31-27-24-17-12-11-16-23(24)25(20-26(27)29-3)30-19-14-10-8-7-9-13-18-28/h11-12,16-17,20,22H,4-10,13-15,18-19,21H2,1-3H3. The zero-order valence-electron chi connectivity index (χ0n) is 19.8. The number of alkyl halides is 1. The van der Waals surface area contributed by atoms with Gasteiger partial charge < -0.3 is 14.2 Å². The molecular formula is C27H41BrO3. The van der Waals surface area contributed by atoms with Crippen LogP contribution in [0.4, 0.5) is 0 Å². The molecule has 0 fully saturated rings. The molecule has 2 aromatic carbocycles. The fraction of sp³-hybridized carbons (Fsp3) is 0.630. The van der Waals surface area contributed by atoms with Crippen LogP contribution in [0.25, 0.3) is 10.8 Å². The summed E-state index contributed by atoms with van der Waals surface area (Å²) in [6.45, 7) is 5.96. The van der Waals surface area contributed by atoms with E-state index in [2.05, 4.69) is 54.0 Å². The molecule has 3 nitrogen and oxygen atoms in total. The number of ether oxygens (including phenoxy) is 3. The molecular weight excluding hydrogens is 452 g/mol. The van der Waals surface area contributed by atoms with Gasteiger partial charge in [0.05, 0.1) is 20.3 Å². The summed E-state index contributed by atoms with van der Waals surface area (Å²) in [5.41, 5.74) is 0. The number of rotatable bonds is 17. The maximum absolute atomic E-state index is 6.35.